The lowest BCUT2D eigenvalue weighted by molar-refractivity contribution is 0.413. The van der Waals surface area contributed by atoms with E-state index < -0.39 is 0 Å². The predicted octanol–water partition coefficient (Wildman–Crippen LogP) is 12.3. The topological polar surface area (TPSA) is 65.2 Å². The van der Waals surface area contributed by atoms with E-state index in [0.29, 0.717) is 13.1 Å². The van der Waals surface area contributed by atoms with Crippen LogP contribution in [0.25, 0.3) is 22.3 Å². The monoisotopic (exact) mass is 682 g/mol. The summed E-state index contributed by atoms with van der Waals surface area (Å²) in [5, 5.41) is 22.3. The molecule has 0 radical (unpaired) electrons. The molecule has 0 saturated heterocycles. The second-order valence-electron chi connectivity index (χ2n) is 15.0. The van der Waals surface area contributed by atoms with Gasteiger partial charge in [-0.1, -0.05) is 128 Å². The van der Waals surface area contributed by atoms with E-state index >= 15 is 0 Å². The molecular formula is C47H58N2O2. The zero-order chi connectivity index (χ0) is 35.8. The molecular weight excluding hydrogens is 625 g/mol. The molecule has 0 heterocycles. The number of unbranched alkanes of at least 4 members (excludes halogenated alkanes) is 4. The molecule has 0 aromatic heterocycles. The summed E-state index contributed by atoms with van der Waals surface area (Å²) >= 11 is 0. The Kier molecular flexibility index (Phi) is 11.8. The molecule has 0 fully saturated rings. The van der Waals surface area contributed by atoms with Crippen molar-refractivity contribution in [2.75, 3.05) is 13.1 Å². The van der Waals surface area contributed by atoms with Gasteiger partial charge in [0.15, 0.2) is 0 Å². The lowest BCUT2D eigenvalue weighted by Crippen LogP contribution is -2.25. The van der Waals surface area contributed by atoms with Crippen LogP contribution < -0.4 is 0 Å². The minimum Gasteiger partial charge on any atom is -0.507 e. The van der Waals surface area contributed by atoms with Crippen molar-refractivity contribution in [2.24, 2.45) is 9.98 Å². The van der Waals surface area contributed by atoms with Crippen LogP contribution in [0, 0.1) is 0 Å². The molecule has 4 heteroatoms. The van der Waals surface area contributed by atoms with Gasteiger partial charge in [-0.05, 0) is 101 Å². The first kappa shape index (κ1) is 36.6. The third-order valence-electron chi connectivity index (χ3n) is 11.7. The number of fused-ring (bicyclic) bond motifs is 6. The molecule has 6 rings (SSSR count). The fourth-order valence-electron chi connectivity index (χ4n) is 9.04. The summed E-state index contributed by atoms with van der Waals surface area (Å²) in [5.41, 5.74) is 12.0. The maximum Gasteiger partial charge on any atom is 0.124 e. The summed E-state index contributed by atoms with van der Waals surface area (Å²) in [4.78, 5) is 9.50. The zero-order valence-electron chi connectivity index (χ0n) is 31.5. The summed E-state index contributed by atoms with van der Waals surface area (Å²) < 4.78 is 0. The number of phenols is 2. The molecule has 0 saturated carbocycles. The fraction of sp³-hybridized carbons (Fsp3) is 0.447. The van der Waals surface area contributed by atoms with E-state index in [1.54, 1.807) is 0 Å². The molecule has 0 bridgehead atoms. The average Bonchev–Trinajstić information content (AvgIpc) is 3.56. The van der Waals surface area contributed by atoms with Crippen LogP contribution in [-0.4, -0.2) is 35.7 Å². The van der Waals surface area contributed by atoms with Crippen LogP contribution in [0.15, 0.2) is 82.8 Å². The van der Waals surface area contributed by atoms with Gasteiger partial charge in [-0.25, -0.2) is 0 Å². The minimum atomic E-state index is -0.0134. The molecule has 51 heavy (non-hydrogen) atoms. The van der Waals surface area contributed by atoms with Gasteiger partial charge in [0.25, 0.3) is 0 Å². The highest BCUT2D eigenvalue weighted by atomic mass is 16.3. The molecule has 0 atom stereocenters. The van der Waals surface area contributed by atoms with Crippen LogP contribution in [0.2, 0.25) is 0 Å². The van der Waals surface area contributed by atoms with Crippen molar-refractivity contribution < 1.29 is 10.2 Å². The maximum absolute atomic E-state index is 11.1. The third-order valence-corrected chi connectivity index (χ3v) is 11.7. The molecule has 4 nitrogen and oxygen atoms in total. The van der Waals surface area contributed by atoms with Crippen molar-refractivity contribution in [1.29, 1.82) is 0 Å². The van der Waals surface area contributed by atoms with Crippen molar-refractivity contribution in [1.82, 2.24) is 0 Å². The predicted molar refractivity (Wildman–Crippen MR) is 216 cm³/mol. The summed E-state index contributed by atoms with van der Waals surface area (Å²) in [6.45, 7) is 10.3. The minimum absolute atomic E-state index is 0.0134. The molecule has 4 aromatic carbocycles. The first-order chi connectivity index (χ1) is 24.9. The number of nitrogens with zero attached hydrogens (tertiary/aromatic N) is 2. The standard InChI is InChI=1S/C47H58N2O2/c1-5-9-22-46(23-10-6-2)40-20-15-13-18-36(40)38-30-44(50)34(28-42(38)46)32-48-26-17-27-49-33-35-29-43-39(31-45(35)51)37-19-14-16-21-41(37)47(43,24-11-7-3)25-12-8-4/h13-16,18-21,28-33,50-51H,5-12,17,22-27H2,1-4H3. The molecule has 0 spiro atoms. The van der Waals surface area contributed by atoms with Gasteiger partial charge < -0.3 is 10.2 Å². The highest BCUT2D eigenvalue weighted by Crippen LogP contribution is 2.56. The lowest BCUT2D eigenvalue weighted by atomic mass is 9.70. The van der Waals surface area contributed by atoms with E-state index in [9.17, 15) is 10.2 Å². The number of hydrogen-bond donors (Lipinski definition) is 2. The third kappa shape index (κ3) is 7.04. The molecule has 2 aliphatic carbocycles. The van der Waals surface area contributed by atoms with Gasteiger partial charge in [-0.15, -0.1) is 0 Å². The number of hydrogen-bond acceptors (Lipinski definition) is 4. The van der Waals surface area contributed by atoms with E-state index in [2.05, 4.69) is 88.4 Å². The molecule has 0 unspecified atom stereocenters. The summed E-state index contributed by atoms with van der Waals surface area (Å²) in [6, 6.07) is 26.0. The molecule has 268 valence electrons. The molecule has 2 N–H and O–H groups in total. The van der Waals surface area contributed by atoms with Gasteiger partial charge in [0.05, 0.1) is 0 Å². The smallest absolute Gasteiger partial charge is 0.124 e. The zero-order valence-corrected chi connectivity index (χ0v) is 31.5. The highest BCUT2D eigenvalue weighted by molar-refractivity contribution is 5.91. The van der Waals surface area contributed by atoms with Crippen LogP contribution in [0.4, 0.5) is 0 Å². The van der Waals surface area contributed by atoms with Gasteiger partial charge in [0.1, 0.15) is 11.5 Å². The van der Waals surface area contributed by atoms with E-state index in [4.69, 9.17) is 9.98 Å². The Morgan fingerprint density at radius 3 is 1.22 bits per heavy atom. The maximum atomic E-state index is 11.1. The van der Waals surface area contributed by atoms with Crippen LogP contribution in [0.5, 0.6) is 11.5 Å². The van der Waals surface area contributed by atoms with Crippen LogP contribution >= 0.6 is 0 Å². The molecule has 2 aliphatic rings. The molecule has 0 aliphatic heterocycles. The van der Waals surface area contributed by atoms with Gasteiger partial charge in [0, 0.05) is 47.5 Å². The Balaban J connectivity index is 1.17. The fourth-order valence-corrected chi connectivity index (χ4v) is 9.04. The van der Waals surface area contributed by atoms with Crippen molar-refractivity contribution in [3.63, 3.8) is 0 Å². The first-order valence-corrected chi connectivity index (χ1v) is 19.9. The normalized spacial score (nSPS) is 15.0. The molecule has 0 amide bonds. The van der Waals surface area contributed by atoms with Crippen molar-refractivity contribution in [2.45, 2.75) is 122 Å². The Labute approximate surface area is 306 Å². The molecule has 4 aromatic rings. The highest BCUT2D eigenvalue weighted by Gasteiger charge is 2.43. The Morgan fingerprint density at radius 1 is 0.471 bits per heavy atom. The van der Waals surface area contributed by atoms with E-state index in [-0.39, 0.29) is 22.3 Å². The summed E-state index contributed by atoms with van der Waals surface area (Å²) in [7, 11) is 0. The largest absolute Gasteiger partial charge is 0.507 e. The van der Waals surface area contributed by atoms with Crippen molar-refractivity contribution in [3.05, 3.63) is 106 Å². The van der Waals surface area contributed by atoms with Gasteiger partial charge in [-0.3, -0.25) is 9.98 Å². The Bertz CT molecular complexity index is 1720. The van der Waals surface area contributed by atoms with Gasteiger partial charge in [-0.2, -0.15) is 0 Å². The number of aliphatic imine (C=N–C) groups is 2. The van der Waals surface area contributed by atoms with E-state index in [1.807, 2.05) is 24.6 Å². The number of rotatable bonds is 18. The van der Waals surface area contributed by atoms with Crippen molar-refractivity contribution in [3.8, 4) is 33.8 Å². The number of aromatic hydroxyl groups is 2. The van der Waals surface area contributed by atoms with E-state index in [1.165, 1.54) is 95.9 Å². The summed E-state index contributed by atoms with van der Waals surface area (Å²) in [6.07, 6.45) is 18.4. The Morgan fingerprint density at radius 2 is 0.843 bits per heavy atom. The summed E-state index contributed by atoms with van der Waals surface area (Å²) in [5.74, 6) is 0.575. The van der Waals surface area contributed by atoms with E-state index in [0.717, 1.165) is 43.2 Å². The second kappa shape index (κ2) is 16.4. The second-order valence-corrected chi connectivity index (χ2v) is 15.0. The lowest BCUT2D eigenvalue weighted by Gasteiger charge is -2.33. The van der Waals surface area contributed by atoms with Gasteiger partial charge in [0.2, 0.25) is 0 Å². The van der Waals surface area contributed by atoms with Crippen LogP contribution in [-0.2, 0) is 10.8 Å². The van der Waals surface area contributed by atoms with Crippen LogP contribution in [0.1, 0.15) is 145 Å². The quantitative estimate of drug-likeness (QED) is 0.0810. The van der Waals surface area contributed by atoms with Crippen molar-refractivity contribution >= 4 is 12.4 Å². The first-order valence-electron chi connectivity index (χ1n) is 19.9. The number of benzene rings is 4. The average molecular weight is 683 g/mol. The SMILES string of the molecule is CCCCC1(CCCC)c2ccccc2-c2cc(O)c(C=NCCCN=Cc3cc4c(cc3O)-c3ccccc3C4(CCCC)CCCC)cc21. The Hall–Kier alpha value is -4.18. The van der Waals surface area contributed by atoms with Crippen LogP contribution in [0.3, 0.4) is 0 Å². The number of phenolic OH excluding ortho intramolecular Hbond substituents is 2. The van der Waals surface area contributed by atoms with Gasteiger partial charge >= 0.3 is 0 Å².